The molecule has 0 atom stereocenters. The zero-order valence-corrected chi connectivity index (χ0v) is 17.6. The number of nitrogens with one attached hydrogen (secondary N) is 3. The minimum absolute atomic E-state index is 0.0177. The lowest BCUT2D eigenvalue weighted by molar-refractivity contribution is -0.137. The van der Waals surface area contributed by atoms with E-state index in [1.165, 1.54) is 24.3 Å². The maximum Gasteiger partial charge on any atom is 0.416 e. The summed E-state index contributed by atoms with van der Waals surface area (Å²) in [4.78, 5) is 24.7. The fourth-order valence-electron chi connectivity index (χ4n) is 2.76. The Balaban J connectivity index is 1.64. The zero-order chi connectivity index (χ0) is 23.3. The highest BCUT2D eigenvalue weighted by atomic mass is 32.1. The van der Waals surface area contributed by atoms with Crippen LogP contribution in [0.25, 0.3) is 0 Å². The Kier molecular flexibility index (Phi) is 6.89. The van der Waals surface area contributed by atoms with Gasteiger partial charge in [-0.3, -0.25) is 14.9 Å². The molecule has 3 N–H and O–H groups in total. The van der Waals surface area contributed by atoms with Crippen molar-refractivity contribution in [2.75, 3.05) is 10.6 Å². The van der Waals surface area contributed by atoms with Gasteiger partial charge < -0.3 is 10.6 Å². The van der Waals surface area contributed by atoms with E-state index in [0.717, 1.165) is 17.7 Å². The molecule has 0 bridgehead atoms. The van der Waals surface area contributed by atoms with Crippen LogP contribution in [0.1, 0.15) is 31.8 Å². The fraction of sp³-hybridized carbons (Fsp3) is 0.0870. The second-order valence-corrected chi connectivity index (χ2v) is 7.30. The van der Waals surface area contributed by atoms with Crippen molar-refractivity contribution >= 4 is 40.5 Å². The van der Waals surface area contributed by atoms with Crippen molar-refractivity contribution in [1.82, 2.24) is 5.32 Å². The third-order valence-electron chi connectivity index (χ3n) is 4.37. The number of rotatable bonds is 4. The van der Waals surface area contributed by atoms with Crippen LogP contribution in [0.15, 0.2) is 72.8 Å². The molecule has 9 heteroatoms. The Hall–Kier alpha value is -3.72. The number of alkyl halides is 3. The molecule has 3 rings (SSSR count). The molecule has 0 aromatic heterocycles. The van der Waals surface area contributed by atoms with Crippen LogP contribution >= 0.6 is 12.2 Å². The maximum absolute atomic E-state index is 12.9. The molecule has 0 radical (unpaired) electrons. The summed E-state index contributed by atoms with van der Waals surface area (Å²) < 4.78 is 38.6. The van der Waals surface area contributed by atoms with Gasteiger partial charge in [0.1, 0.15) is 0 Å². The number of anilines is 2. The Morgan fingerprint density at radius 3 is 2.06 bits per heavy atom. The highest BCUT2D eigenvalue weighted by molar-refractivity contribution is 7.80. The average molecular weight is 457 g/mol. The Labute approximate surface area is 187 Å². The van der Waals surface area contributed by atoms with Gasteiger partial charge in [0.15, 0.2) is 5.11 Å². The molecule has 3 aromatic carbocycles. The van der Waals surface area contributed by atoms with Gasteiger partial charge in [-0.15, -0.1) is 0 Å². The van der Waals surface area contributed by atoms with Gasteiger partial charge in [0.2, 0.25) is 0 Å². The molecule has 0 spiro atoms. The van der Waals surface area contributed by atoms with Gasteiger partial charge in [-0.1, -0.05) is 29.8 Å². The van der Waals surface area contributed by atoms with Gasteiger partial charge in [0, 0.05) is 22.5 Å². The number of hydrogen-bond donors (Lipinski definition) is 3. The van der Waals surface area contributed by atoms with Crippen LogP contribution in [0.2, 0.25) is 0 Å². The molecule has 0 heterocycles. The van der Waals surface area contributed by atoms with Crippen LogP contribution in [0.4, 0.5) is 24.5 Å². The second-order valence-electron chi connectivity index (χ2n) is 6.89. The van der Waals surface area contributed by atoms with Crippen LogP contribution in [0, 0.1) is 6.92 Å². The van der Waals surface area contributed by atoms with Crippen LogP contribution in [0.3, 0.4) is 0 Å². The van der Waals surface area contributed by atoms with Gasteiger partial charge in [-0.25, -0.2) is 0 Å². The Morgan fingerprint density at radius 2 is 1.41 bits per heavy atom. The number of thiocarbonyl (C=S) groups is 1. The number of benzene rings is 3. The summed E-state index contributed by atoms with van der Waals surface area (Å²) in [5, 5.41) is 7.83. The van der Waals surface area contributed by atoms with E-state index in [9.17, 15) is 22.8 Å². The van der Waals surface area contributed by atoms with Crippen molar-refractivity contribution < 1.29 is 22.8 Å². The van der Waals surface area contributed by atoms with E-state index in [-0.39, 0.29) is 22.3 Å². The fourth-order valence-corrected chi connectivity index (χ4v) is 2.97. The molecule has 32 heavy (non-hydrogen) atoms. The largest absolute Gasteiger partial charge is 0.416 e. The minimum atomic E-state index is -4.51. The summed E-state index contributed by atoms with van der Waals surface area (Å²) in [6.45, 7) is 1.91. The number of aryl methyl sites for hydroxylation is 1. The lowest BCUT2D eigenvalue weighted by atomic mass is 10.1. The van der Waals surface area contributed by atoms with Gasteiger partial charge in [-0.05, 0) is 67.7 Å². The van der Waals surface area contributed by atoms with Crippen molar-refractivity contribution in [3.63, 3.8) is 0 Å². The summed E-state index contributed by atoms with van der Waals surface area (Å²) in [6, 6.07) is 17.5. The molecule has 0 fully saturated rings. The van der Waals surface area contributed by atoms with Crippen molar-refractivity contribution in [2.45, 2.75) is 13.1 Å². The van der Waals surface area contributed by atoms with Gasteiger partial charge in [-0.2, -0.15) is 13.2 Å². The number of hydrogen-bond acceptors (Lipinski definition) is 3. The van der Waals surface area contributed by atoms with Gasteiger partial charge >= 0.3 is 6.18 Å². The standard InChI is InChI=1S/C23H18F3N3O2S/c1-14-8-10-15(11-9-14)20(30)29-22(32)28-18-6-2-4-16(12-18)21(31)27-19-7-3-5-17(13-19)23(24,25)26/h2-13H,1H3,(H,27,31)(H2,28,29,30,32). The van der Waals surface area contributed by atoms with Crippen molar-refractivity contribution in [3.8, 4) is 0 Å². The molecule has 0 aliphatic heterocycles. The van der Waals surface area contributed by atoms with E-state index in [2.05, 4.69) is 16.0 Å². The van der Waals surface area contributed by atoms with E-state index in [4.69, 9.17) is 12.2 Å². The predicted octanol–water partition coefficient (Wildman–Crippen LogP) is 5.39. The molecular formula is C23H18F3N3O2S. The molecular weight excluding hydrogens is 439 g/mol. The SMILES string of the molecule is Cc1ccc(C(=O)NC(=S)Nc2cccc(C(=O)Nc3cccc(C(F)(F)F)c3)c2)cc1. The predicted molar refractivity (Wildman–Crippen MR) is 121 cm³/mol. The summed E-state index contributed by atoms with van der Waals surface area (Å²) in [5.41, 5.74) is 1.23. The minimum Gasteiger partial charge on any atom is -0.332 e. The van der Waals surface area contributed by atoms with Crippen LogP contribution < -0.4 is 16.0 Å². The first kappa shape index (κ1) is 23.0. The lowest BCUT2D eigenvalue weighted by Crippen LogP contribution is -2.34. The summed E-state index contributed by atoms with van der Waals surface area (Å²) in [6.07, 6.45) is -4.51. The number of halogens is 3. The monoisotopic (exact) mass is 457 g/mol. The molecule has 164 valence electrons. The zero-order valence-electron chi connectivity index (χ0n) is 16.8. The van der Waals surface area contributed by atoms with E-state index >= 15 is 0 Å². The summed E-state index contributed by atoms with van der Waals surface area (Å²) >= 11 is 5.15. The smallest absolute Gasteiger partial charge is 0.332 e. The average Bonchev–Trinajstić information content (AvgIpc) is 2.74. The lowest BCUT2D eigenvalue weighted by Gasteiger charge is -2.12. The number of carbonyl (C=O) groups is 2. The molecule has 0 saturated carbocycles. The highest BCUT2D eigenvalue weighted by Crippen LogP contribution is 2.30. The van der Waals surface area contributed by atoms with E-state index < -0.39 is 17.6 Å². The number of carbonyl (C=O) groups excluding carboxylic acids is 2. The van der Waals surface area contributed by atoms with E-state index in [0.29, 0.717) is 11.3 Å². The first-order valence-electron chi connectivity index (χ1n) is 9.39. The molecule has 0 aliphatic rings. The van der Waals surface area contributed by atoms with Crippen LogP contribution in [0.5, 0.6) is 0 Å². The maximum atomic E-state index is 12.9. The first-order valence-corrected chi connectivity index (χ1v) is 9.80. The van der Waals surface area contributed by atoms with Gasteiger partial charge in [0.05, 0.1) is 5.56 Å². The topological polar surface area (TPSA) is 70.2 Å². The normalized spacial score (nSPS) is 10.9. The van der Waals surface area contributed by atoms with Crippen molar-refractivity contribution in [2.24, 2.45) is 0 Å². The van der Waals surface area contributed by atoms with Crippen LogP contribution in [-0.4, -0.2) is 16.9 Å². The summed E-state index contributed by atoms with van der Waals surface area (Å²) in [5.74, 6) is -0.983. The third kappa shape index (κ3) is 6.14. The second kappa shape index (κ2) is 9.61. The Bertz CT molecular complexity index is 1160. The molecule has 0 saturated heterocycles. The van der Waals surface area contributed by atoms with Crippen molar-refractivity contribution in [3.05, 3.63) is 95.1 Å². The molecule has 0 unspecified atom stereocenters. The van der Waals surface area contributed by atoms with E-state index in [1.54, 1.807) is 36.4 Å². The van der Waals surface area contributed by atoms with E-state index in [1.807, 2.05) is 6.92 Å². The summed E-state index contributed by atoms with van der Waals surface area (Å²) in [7, 11) is 0. The first-order chi connectivity index (χ1) is 15.1. The van der Waals surface area contributed by atoms with Gasteiger partial charge in [0.25, 0.3) is 11.8 Å². The highest BCUT2D eigenvalue weighted by Gasteiger charge is 2.30. The molecule has 3 aromatic rings. The Morgan fingerprint density at radius 1 is 0.781 bits per heavy atom. The van der Waals surface area contributed by atoms with Crippen LogP contribution in [-0.2, 0) is 6.18 Å². The van der Waals surface area contributed by atoms with Crippen molar-refractivity contribution in [1.29, 1.82) is 0 Å². The third-order valence-corrected chi connectivity index (χ3v) is 4.58. The molecule has 5 nitrogen and oxygen atoms in total. The molecule has 2 amide bonds. The quantitative estimate of drug-likeness (QED) is 0.460. The molecule has 0 aliphatic carbocycles. The number of amides is 2.